The first-order valence-corrected chi connectivity index (χ1v) is 12.0. The van der Waals surface area contributed by atoms with Crippen molar-refractivity contribution in [3.05, 3.63) is 53.6 Å². The smallest absolute Gasteiger partial charge is 0.379 e. The fraction of sp³-hybridized carbons (Fsp3) is 0.520. The summed E-state index contributed by atoms with van der Waals surface area (Å²) in [6.07, 6.45) is -1.20. The molecule has 3 aliphatic rings. The quantitative estimate of drug-likeness (QED) is 0.258. The Hall–Kier alpha value is -2.92. The number of benzene rings is 1. The lowest BCUT2D eigenvalue weighted by Crippen LogP contribution is -2.56. The molecular weight excluding hydrogens is 478 g/mol. The molecule has 1 aromatic carbocycles. The van der Waals surface area contributed by atoms with E-state index < -0.39 is 42.1 Å². The highest BCUT2D eigenvalue weighted by Gasteiger charge is 2.41. The molecule has 0 saturated carbocycles. The fourth-order valence-corrected chi connectivity index (χ4v) is 4.85. The van der Waals surface area contributed by atoms with Crippen LogP contribution in [0.1, 0.15) is 30.0 Å². The van der Waals surface area contributed by atoms with Crippen molar-refractivity contribution in [2.24, 2.45) is 0 Å². The number of rotatable bonds is 7. The van der Waals surface area contributed by atoms with Crippen molar-refractivity contribution >= 4 is 17.5 Å². The van der Waals surface area contributed by atoms with Crippen LogP contribution in [0.3, 0.4) is 0 Å². The zero-order chi connectivity index (χ0) is 26.0. The largest absolute Gasteiger partial charge is 0.413 e. The number of carbonyl (C=O) groups excluding carboxylic acids is 2. The molecule has 0 radical (unpaired) electrons. The molecule has 3 aliphatic heterocycles. The molecule has 11 heteroatoms. The van der Waals surface area contributed by atoms with Crippen LogP contribution in [-0.4, -0.2) is 73.9 Å². The molecule has 2 fully saturated rings. The molecule has 3 heterocycles. The van der Waals surface area contributed by atoms with Gasteiger partial charge in [-0.25, -0.2) is 4.39 Å². The van der Waals surface area contributed by atoms with Gasteiger partial charge in [0.1, 0.15) is 12.2 Å². The third-order valence-electron chi connectivity index (χ3n) is 6.93. The highest BCUT2D eigenvalue weighted by Crippen LogP contribution is 2.40. The molecule has 1 aromatic rings. The van der Waals surface area contributed by atoms with Crippen LogP contribution in [0.5, 0.6) is 0 Å². The Labute approximate surface area is 207 Å². The first kappa shape index (κ1) is 26.2. The maximum atomic E-state index is 14.7. The van der Waals surface area contributed by atoms with E-state index in [0.717, 1.165) is 6.54 Å². The Morgan fingerprint density at radius 2 is 2.06 bits per heavy atom. The SMILES string of the molecule is C=C(C1NC(/C=C/CNC(=O)[C@@H]2CC(=O)N2)Cc2c(N[C@@H]3CCN(C)C[C@@H]3F)cccc21)C(F)(F)F. The van der Waals surface area contributed by atoms with Gasteiger partial charge in [0.15, 0.2) is 0 Å². The number of alkyl halides is 4. The summed E-state index contributed by atoms with van der Waals surface area (Å²) < 4.78 is 55.6. The van der Waals surface area contributed by atoms with Gasteiger partial charge in [0.2, 0.25) is 11.8 Å². The average molecular weight is 510 g/mol. The van der Waals surface area contributed by atoms with Gasteiger partial charge >= 0.3 is 6.18 Å². The number of β-lactam (4-membered cyclic amide) rings is 1. The molecule has 36 heavy (non-hydrogen) atoms. The minimum atomic E-state index is -4.59. The predicted octanol–water partition coefficient (Wildman–Crippen LogP) is 2.38. The molecule has 0 aromatic heterocycles. The van der Waals surface area contributed by atoms with Gasteiger partial charge in [-0.3, -0.25) is 14.9 Å². The van der Waals surface area contributed by atoms with Gasteiger partial charge in [0, 0.05) is 36.9 Å². The van der Waals surface area contributed by atoms with Gasteiger partial charge in [-0.1, -0.05) is 30.9 Å². The maximum Gasteiger partial charge on any atom is 0.413 e. The predicted molar refractivity (Wildman–Crippen MR) is 128 cm³/mol. The van der Waals surface area contributed by atoms with Crippen LogP contribution in [0.2, 0.25) is 0 Å². The van der Waals surface area contributed by atoms with Crippen LogP contribution >= 0.6 is 0 Å². The van der Waals surface area contributed by atoms with E-state index in [9.17, 15) is 27.2 Å². The number of piperidine rings is 1. The lowest BCUT2D eigenvalue weighted by molar-refractivity contribution is -0.137. The number of likely N-dealkylation sites (tertiary alicyclic amines) is 1. The number of amides is 2. The zero-order valence-corrected chi connectivity index (χ0v) is 20.0. The van der Waals surface area contributed by atoms with E-state index in [1.165, 1.54) is 0 Å². The summed E-state index contributed by atoms with van der Waals surface area (Å²) in [6.45, 7) is 4.51. The van der Waals surface area contributed by atoms with Gasteiger partial charge < -0.3 is 20.9 Å². The second kappa shape index (κ2) is 10.6. The van der Waals surface area contributed by atoms with E-state index in [4.69, 9.17) is 0 Å². The monoisotopic (exact) mass is 509 g/mol. The highest BCUT2D eigenvalue weighted by molar-refractivity contribution is 5.97. The number of nitrogens with one attached hydrogen (secondary N) is 4. The molecule has 5 atom stereocenters. The molecule has 2 saturated heterocycles. The van der Waals surface area contributed by atoms with Crippen molar-refractivity contribution in [3.8, 4) is 0 Å². The van der Waals surface area contributed by atoms with Gasteiger partial charge in [-0.2, -0.15) is 13.2 Å². The Morgan fingerprint density at radius 3 is 2.72 bits per heavy atom. The number of nitrogens with zero attached hydrogens (tertiary/aromatic N) is 1. The Kier molecular flexibility index (Phi) is 7.70. The number of fused-ring (bicyclic) bond motifs is 1. The van der Waals surface area contributed by atoms with Crippen LogP contribution < -0.4 is 21.3 Å². The highest BCUT2D eigenvalue weighted by atomic mass is 19.4. The van der Waals surface area contributed by atoms with E-state index in [-0.39, 0.29) is 24.8 Å². The Balaban J connectivity index is 1.51. The van der Waals surface area contributed by atoms with Crippen LogP contribution in [0, 0.1) is 0 Å². The van der Waals surface area contributed by atoms with E-state index in [2.05, 4.69) is 27.8 Å². The maximum absolute atomic E-state index is 14.7. The van der Waals surface area contributed by atoms with Crippen molar-refractivity contribution in [2.45, 2.75) is 55.8 Å². The van der Waals surface area contributed by atoms with E-state index >= 15 is 0 Å². The second-order valence-electron chi connectivity index (χ2n) is 9.62. The first-order chi connectivity index (χ1) is 17.0. The molecule has 0 bridgehead atoms. The van der Waals surface area contributed by atoms with Crippen molar-refractivity contribution < 1.29 is 27.2 Å². The Bertz CT molecular complexity index is 1040. The van der Waals surface area contributed by atoms with Gasteiger partial charge in [0.05, 0.1) is 18.5 Å². The van der Waals surface area contributed by atoms with E-state index in [1.54, 1.807) is 30.4 Å². The van der Waals surface area contributed by atoms with E-state index in [0.29, 0.717) is 36.2 Å². The summed E-state index contributed by atoms with van der Waals surface area (Å²) >= 11 is 0. The zero-order valence-electron chi connectivity index (χ0n) is 20.0. The molecular formula is C25H31F4N5O2. The molecule has 2 unspecified atom stereocenters. The van der Waals surface area contributed by atoms with Crippen molar-refractivity contribution in [1.29, 1.82) is 0 Å². The summed E-state index contributed by atoms with van der Waals surface area (Å²) in [4.78, 5) is 24.8. The number of carbonyl (C=O) groups is 2. The molecule has 4 N–H and O–H groups in total. The molecule has 4 rings (SSSR count). The minimum absolute atomic E-state index is 0.143. The average Bonchev–Trinajstić information content (AvgIpc) is 2.80. The minimum Gasteiger partial charge on any atom is -0.379 e. The van der Waals surface area contributed by atoms with Gasteiger partial charge in [-0.15, -0.1) is 0 Å². The van der Waals surface area contributed by atoms with Gasteiger partial charge in [0.25, 0.3) is 0 Å². The lowest BCUT2D eigenvalue weighted by atomic mass is 9.85. The van der Waals surface area contributed by atoms with Gasteiger partial charge in [-0.05, 0) is 37.1 Å². The third-order valence-corrected chi connectivity index (χ3v) is 6.93. The summed E-state index contributed by atoms with van der Waals surface area (Å²) in [5.41, 5.74) is 0.868. The number of halogens is 4. The molecule has 0 aliphatic carbocycles. The molecule has 196 valence electrons. The van der Waals surface area contributed by atoms with Crippen molar-refractivity contribution in [2.75, 3.05) is 32.0 Å². The lowest BCUT2D eigenvalue weighted by Gasteiger charge is -2.37. The third kappa shape index (κ3) is 5.89. The normalized spacial score (nSPS) is 28.7. The summed E-state index contributed by atoms with van der Waals surface area (Å²) in [5.74, 6) is -0.495. The van der Waals surface area contributed by atoms with Crippen molar-refractivity contribution in [3.63, 3.8) is 0 Å². The molecule has 2 amide bonds. The number of hydrogen-bond donors (Lipinski definition) is 4. The first-order valence-electron chi connectivity index (χ1n) is 12.0. The van der Waals surface area contributed by atoms with Crippen LogP contribution in [0.25, 0.3) is 0 Å². The summed E-state index contributed by atoms with van der Waals surface area (Å²) in [6, 6.07) is 2.49. The molecule has 0 spiro atoms. The standard InChI is InChI=1S/C25H31F4N5O2/c1-14(25(27,28)29)23-16-6-3-7-19(32-20-8-10-34(2)13-18(20)26)17(16)11-15(31-23)5-4-9-30-24(36)21-12-22(35)33-21/h3-7,15,18,20-21,23,31-32H,1,8-13H2,2H3,(H,30,36)(H,33,35)/b5-4+/t15?,18-,20+,21-,23?/m0/s1. The summed E-state index contributed by atoms with van der Waals surface area (Å²) in [7, 11) is 1.85. The van der Waals surface area contributed by atoms with Crippen LogP contribution in [0.4, 0.5) is 23.2 Å². The van der Waals surface area contributed by atoms with Crippen LogP contribution in [-0.2, 0) is 16.0 Å². The fourth-order valence-electron chi connectivity index (χ4n) is 4.85. The topological polar surface area (TPSA) is 85.5 Å². The number of anilines is 1. The van der Waals surface area contributed by atoms with Crippen LogP contribution in [0.15, 0.2) is 42.5 Å². The summed E-state index contributed by atoms with van der Waals surface area (Å²) in [5, 5.41) is 11.4. The second-order valence-corrected chi connectivity index (χ2v) is 9.62. The molecule has 7 nitrogen and oxygen atoms in total. The van der Waals surface area contributed by atoms with Crippen molar-refractivity contribution in [1.82, 2.24) is 20.9 Å². The van der Waals surface area contributed by atoms with E-state index in [1.807, 2.05) is 11.9 Å². The Morgan fingerprint density at radius 1 is 1.31 bits per heavy atom. The number of hydrogen-bond acceptors (Lipinski definition) is 5.